The van der Waals surface area contributed by atoms with E-state index in [0.717, 1.165) is 0 Å². The highest BCUT2D eigenvalue weighted by atomic mass is 79.9. The molecule has 0 fully saturated rings. The first-order valence-electron chi connectivity index (χ1n) is 4.94. The van der Waals surface area contributed by atoms with Crippen LogP contribution in [0.15, 0.2) is 41.1 Å². The normalized spacial score (nSPS) is 10.2. The predicted molar refractivity (Wildman–Crippen MR) is 76.4 cm³/mol. The second-order valence-electron chi connectivity index (χ2n) is 3.45. The van der Waals surface area contributed by atoms with Crippen molar-refractivity contribution in [2.75, 3.05) is 5.32 Å². The van der Waals surface area contributed by atoms with Gasteiger partial charge in [0.1, 0.15) is 4.60 Å². The highest BCUT2D eigenvalue weighted by Gasteiger charge is 2.11. The number of rotatable bonds is 2. The average Bonchev–Trinajstić information content (AvgIpc) is 2.35. The average molecular weight is 346 g/mol. The van der Waals surface area contributed by atoms with E-state index in [1.54, 1.807) is 30.5 Å². The van der Waals surface area contributed by atoms with Crippen molar-refractivity contribution >= 4 is 50.7 Å². The molecular weight excluding hydrogens is 339 g/mol. The summed E-state index contributed by atoms with van der Waals surface area (Å²) in [6.45, 7) is 0. The van der Waals surface area contributed by atoms with Crippen molar-refractivity contribution < 1.29 is 4.79 Å². The molecule has 1 heterocycles. The molecule has 0 aliphatic rings. The molecular formula is C12H7BrCl2N2O. The monoisotopic (exact) mass is 344 g/mol. The van der Waals surface area contributed by atoms with Gasteiger partial charge < -0.3 is 5.32 Å². The zero-order valence-electron chi connectivity index (χ0n) is 8.95. The Morgan fingerprint density at radius 2 is 2.00 bits per heavy atom. The van der Waals surface area contributed by atoms with Crippen molar-refractivity contribution in [1.29, 1.82) is 0 Å². The molecule has 6 heteroatoms. The standard InChI is InChI=1S/C12H7BrCl2N2O/c13-11-4-2-8(6-16-11)17-12(18)9-5-7(14)1-3-10(9)15/h1-6H,(H,17,18). The summed E-state index contributed by atoms with van der Waals surface area (Å²) in [5, 5.41) is 3.49. The summed E-state index contributed by atoms with van der Waals surface area (Å²) >= 11 is 15.0. The number of nitrogens with one attached hydrogen (secondary N) is 1. The van der Waals surface area contributed by atoms with Crippen LogP contribution in [0.2, 0.25) is 10.0 Å². The third-order valence-corrected chi connectivity index (χ3v) is 3.19. The van der Waals surface area contributed by atoms with Gasteiger partial charge in [-0.25, -0.2) is 4.98 Å². The maximum Gasteiger partial charge on any atom is 0.257 e. The Kier molecular flexibility index (Phi) is 4.22. The number of hydrogen-bond donors (Lipinski definition) is 1. The van der Waals surface area contributed by atoms with Gasteiger partial charge >= 0.3 is 0 Å². The van der Waals surface area contributed by atoms with Crippen LogP contribution in [-0.4, -0.2) is 10.9 Å². The van der Waals surface area contributed by atoms with Crippen LogP contribution < -0.4 is 5.32 Å². The fourth-order valence-electron chi connectivity index (χ4n) is 1.32. The number of pyridine rings is 1. The largest absolute Gasteiger partial charge is 0.321 e. The lowest BCUT2D eigenvalue weighted by atomic mass is 10.2. The minimum atomic E-state index is -0.327. The van der Waals surface area contributed by atoms with Gasteiger partial charge in [-0.1, -0.05) is 23.2 Å². The van der Waals surface area contributed by atoms with Crippen molar-refractivity contribution in [3.8, 4) is 0 Å². The first-order chi connectivity index (χ1) is 8.56. The van der Waals surface area contributed by atoms with Gasteiger partial charge in [-0.2, -0.15) is 0 Å². The van der Waals surface area contributed by atoms with Gasteiger partial charge in [0.15, 0.2) is 0 Å². The molecule has 18 heavy (non-hydrogen) atoms. The molecule has 1 aromatic carbocycles. The molecule has 0 spiro atoms. The number of halogens is 3. The summed E-state index contributed by atoms with van der Waals surface area (Å²) in [6.07, 6.45) is 1.54. The van der Waals surface area contributed by atoms with Crippen LogP contribution in [0.25, 0.3) is 0 Å². The summed E-state index contributed by atoms with van der Waals surface area (Å²) in [5.41, 5.74) is 0.909. The second kappa shape index (κ2) is 5.69. The third-order valence-electron chi connectivity index (χ3n) is 2.16. The quantitative estimate of drug-likeness (QED) is 0.819. The maximum atomic E-state index is 12.0. The van der Waals surface area contributed by atoms with E-state index in [1.165, 1.54) is 6.07 Å². The summed E-state index contributed by atoms with van der Waals surface area (Å²) < 4.78 is 0.696. The summed E-state index contributed by atoms with van der Waals surface area (Å²) in [6, 6.07) is 8.19. The van der Waals surface area contributed by atoms with Crippen LogP contribution >= 0.6 is 39.1 Å². The number of aromatic nitrogens is 1. The molecule has 3 nitrogen and oxygen atoms in total. The Morgan fingerprint density at radius 1 is 1.22 bits per heavy atom. The van der Waals surface area contributed by atoms with E-state index in [9.17, 15) is 4.79 Å². The number of amides is 1. The van der Waals surface area contributed by atoms with E-state index in [-0.39, 0.29) is 5.91 Å². The van der Waals surface area contributed by atoms with Crippen LogP contribution in [0.3, 0.4) is 0 Å². The Labute approximate surface area is 122 Å². The lowest BCUT2D eigenvalue weighted by molar-refractivity contribution is 0.102. The van der Waals surface area contributed by atoms with Crippen molar-refractivity contribution in [1.82, 2.24) is 4.98 Å². The fraction of sp³-hybridized carbons (Fsp3) is 0. The van der Waals surface area contributed by atoms with Gasteiger partial charge in [-0.05, 0) is 46.3 Å². The summed E-state index contributed by atoms with van der Waals surface area (Å²) in [5.74, 6) is -0.327. The number of carbonyl (C=O) groups excluding carboxylic acids is 1. The minimum Gasteiger partial charge on any atom is -0.321 e. The molecule has 0 unspecified atom stereocenters. The molecule has 92 valence electrons. The first kappa shape index (κ1) is 13.3. The van der Waals surface area contributed by atoms with Crippen molar-refractivity contribution in [2.45, 2.75) is 0 Å². The molecule has 0 bridgehead atoms. The molecule has 0 radical (unpaired) electrons. The van der Waals surface area contributed by atoms with Crippen LogP contribution in [0.1, 0.15) is 10.4 Å². The number of benzene rings is 1. The number of nitrogens with zero attached hydrogens (tertiary/aromatic N) is 1. The summed E-state index contributed by atoms with van der Waals surface area (Å²) in [4.78, 5) is 16.0. The third kappa shape index (κ3) is 3.22. The van der Waals surface area contributed by atoms with E-state index >= 15 is 0 Å². The van der Waals surface area contributed by atoms with Gasteiger partial charge in [0.2, 0.25) is 0 Å². The molecule has 2 rings (SSSR count). The van der Waals surface area contributed by atoms with Crippen LogP contribution in [-0.2, 0) is 0 Å². The summed E-state index contributed by atoms with van der Waals surface area (Å²) in [7, 11) is 0. The number of carbonyl (C=O) groups is 1. The minimum absolute atomic E-state index is 0.326. The zero-order chi connectivity index (χ0) is 13.1. The fourth-order valence-corrected chi connectivity index (χ4v) is 1.93. The molecule has 1 amide bonds. The smallest absolute Gasteiger partial charge is 0.257 e. The Balaban J connectivity index is 2.21. The topological polar surface area (TPSA) is 42.0 Å². The highest BCUT2D eigenvalue weighted by Crippen LogP contribution is 2.22. The molecule has 0 saturated carbocycles. The molecule has 0 aliphatic carbocycles. The van der Waals surface area contributed by atoms with Crippen molar-refractivity contribution in [2.24, 2.45) is 0 Å². The van der Waals surface area contributed by atoms with Crippen molar-refractivity contribution in [3.63, 3.8) is 0 Å². The first-order valence-corrected chi connectivity index (χ1v) is 6.49. The van der Waals surface area contributed by atoms with E-state index in [4.69, 9.17) is 23.2 Å². The highest BCUT2D eigenvalue weighted by molar-refractivity contribution is 9.10. The predicted octanol–water partition coefficient (Wildman–Crippen LogP) is 4.40. The molecule has 2 aromatic rings. The van der Waals surface area contributed by atoms with Gasteiger partial charge in [-0.15, -0.1) is 0 Å². The zero-order valence-corrected chi connectivity index (χ0v) is 12.1. The SMILES string of the molecule is O=C(Nc1ccc(Br)nc1)c1cc(Cl)ccc1Cl. The van der Waals surface area contributed by atoms with Crippen LogP contribution in [0, 0.1) is 0 Å². The van der Waals surface area contributed by atoms with Gasteiger partial charge in [-0.3, -0.25) is 4.79 Å². The maximum absolute atomic E-state index is 12.0. The number of hydrogen-bond acceptors (Lipinski definition) is 2. The van der Waals surface area contributed by atoms with Crippen LogP contribution in [0.4, 0.5) is 5.69 Å². The van der Waals surface area contributed by atoms with Gasteiger partial charge in [0.05, 0.1) is 22.5 Å². The van der Waals surface area contributed by atoms with E-state index in [2.05, 4.69) is 26.2 Å². The Bertz CT molecular complexity index is 587. The lowest BCUT2D eigenvalue weighted by Crippen LogP contribution is -2.12. The Morgan fingerprint density at radius 3 is 2.67 bits per heavy atom. The van der Waals surface area contributed by atoms with E-state index in [1.807, 2.05) is 0 Å². The lowest BCUT2D eigenvalue weighted by Gasteiger charge is -2.06. The second-order valence-corrected chi connectivity index (χ2v) is 5.10. The molecule has 1 aromatic heterocycles. The molecule has 0 saturated heterocycles. The Hall–Kier alpha value is -1.10. The van der Waals surface area contributed by atoms with Crippen LogP contribution in [0.5, 0.6) is 0 Å². The van der Waals surface area contributed by atoms with E-state index < -0.39 is 0 Å². The van der Waals surface area contributed by atoms with Crippen molar-refractivity contribution in [3.05, 3.63) is 56.7 Å². The number of anilines is 1. The molecule has 1 N–H and O–H groups in total. The molecule has 0 atom stereocenters. The van der Waals surface area contributed by atoms with E-state index in [0.29, 0.717) is 25.9 Å². The van der Waals surface area contributed by atoms with Gasteiger partial charge in [0.25, 0.3) is 5.91 Å². The molecule has 0 aliphatic heterocycles. The van der Waals surface area contributed by atoms with Gasteiger partial charge in [0, 0.05) is 5.02 Å².